The van der Waals surface area contributed by atoms with Crippen molar-refractivity contribution in [3.63, 3.8) is 0 Å². The number of carbonyl (C=O) groups excluding carboxylic acids is 2. The number of benzene rings is 2. The van der Waals surface area contributed by atoms with Crippen LogP contribution in [0.4, 0.5) is 14.5 Å². The van der Waals surface area contributed by atoms with Crippen LogP contribution >= 0.6 is 23.2 Å². The fourth-order valence-electron chi connectivity index (χ4n) is 1.81. The lowest BCUT2D eigenvalue weighted by Crippen LogP contribution is -2.21. The van der Waals surface area contributed by atoms with Crippen molar-refractivity contribution in [2.75, 3.05) is 11.9 Å². The van der Waals surface area contributed by atoms with Crippen LogP contribution in [0.1, 0.15) is 15.9 Å². The van der Waals surface area contributed by atoms with Crippen LogP contribution in [0.2, 0.25) is 10.0 Å². The summed E-state index contributed by atoms with van der Waals surface area (Å²) < 4.78 is 30.9. The Morgan fingerprint density at radius 2 is 1.88 bits per heavy atom. The first-order chi connectivity index (χ1) is 11.3. The zero-order valence-electron chi connectivity index (χ0n) is 12.3. The Bertz CT molecular complexity index is 812. The molecule has 0 bridgehead atoms. The monoisotopic (exact) mass is 373 g/mol. The molecule has 0 unspecified atom stereocenters. The predicted octanol–water partition coefficient (Wildman–Crippen LogP) is 4.38. The van der Waals surface area contributed by atoms with Gasteiger partial charge < -0.3 is 10.1 Å². The summed E-state index contributed by atoms with van der Waals surface area (Å²) in [5, 5.41) is 2.89. The lowest BCUT2D eigenvalue weighted by Gasteiger charge is -2.11. The highest BCUT2D eigenvalue weighted by Crippen LogP contribution is 2.32. The zero-order valence-corrected chi connectivity index (χ0v) is 13.8. The van der Waals surface area contributed by atoms with Crippen molar-refractivity contribution in [1.29, 1.82) is 0 Å². The fraction of sp³-hybridized carbons (Fsp3) is 0.125. The van der Waals surface area contributed by atoms with Gasteiger partial charge in [0.15, 0.2) is 6.61 Å². The third-order valence-electron chi connectivity index (χ3n) is 3.03. The molecule has 0 radical (unpaired) electrons. The van der Waals surface area contributed by atoms with E-state index in [9.17, 15) is 18.4 Å². The predicted molar refractivity (Wildman–Crippen MR) is 86.5 cm³/mol. The van der Waals surface area contributed by atoms with Crippen LogP contribution in [-0.2, 0) is 9.53 Å². The lowest BCUT2D eigenvalue weighted by molar-refractivity contribution is -0.119. The Labute approximate surface area is 146 Å². The molecular formula is C16H11Cl2F2NO3. The van der Waals surface area contributed by atoms with Gasteiger partial charge in [0.05, 0.1) is 21.3 Å². The minimum atomic E-state index is -1.09. The molecule has 2 rings (SSSR count). The van der Waals surface area contributed by atoms with Gasteiger partial charge in [0.25, 0.3) is 5.91 Å². The summed E-state index contributed by atoms with van der Waals surface area (Å²) >= 11 is 12.0. The van der Waals surface area contributed by atoms with Crippen LogP contribution in [0.15, 0.2) is 30.3 Å². The number of aryl methyl sites for hydroxylation is 1. The number of hydrogen-bond donors (Lipinski definition) is 1. The molecule has 0 saturated heterocycles. The second-order valence-corrected chi connectivity index (χ2v) is 5.59. The molecule has 0 fully saturated rings. The van der Waals surface area contributed by atoms with Crippen molar-refractivity contribution in [3.05, 3.63) is 63.1 Å². The molecule has 0 aliphatic heterocycles. The Morgan fingerprint density at radius 3 is 2.54 bits per heavy atom. The molecule has 4 nitrogen and oxygen atoms in total. The van der Waals surface area contributed by atoms with Crippen LogP contribution in [0.5, 0.6) is 0 Å². The number of carbonyl (C=O) groups is 2. The summed E-state index contributed by atoms with van der Waals surface area (Å²) in [6.07, 6.45) is 0. The highest BCUT2D eigenvalue weighted by Gasteiger charge is 2.17. The number of rotatable bonds is 4. The average Bonchev–Trinajstić information content (AvgIpc) is 2.53. The molecule has 0 heterocycles. The van der Waals surface area contributed by atoms with Gasteiger partial charge in [-0.2, -0.15) is 0 Å². The minimum Gasteiger partial charge on any atom is -0.452 e. The molecule has 2 aromatic carbocycles. The van der Waals surface area contributed by atoms with Crippen LogP contribution in [0.3, 0.4) is 0 Å². The normalized spacial score (nSPS) is 10.4. The van der Waals surface area contributed by atoms with Gasteiger partial charge in [-0.05, 0) is 30.7 Å². The number of anilines is 1. The Kier molecular flexibility index (Phi) is 5.75. The molecule has 8 heteroatoms. The number of ether oxygens (including phenoxy) is 1. The second kappa shape index (κ2) is 7.59. The molecule has 0 spiro atoms. The van der Waals surface area contributed by atoms with E-state index in [4.69, 9.17) is 27.9 Å². The quantitative estimate of drug-likeness (QED) is 0.809. The van der Waals surface area contributed by atoms with Gasteiger partial charge in [-0.1, -0.05) is 29.3 Å². The third kappa shape index (κ3) is 4.21. The van der Waals surface area contributed by atoms with E-state index >= 15 is 0 Å². The van der Waals surface area contributed by atoms with Crippen molar-refractivity contribution in [2.24, 2.45) is 0 Å². The van der Waals surface area contributed by atoms with E-state index in [-0.39, 0.29) is 15.7 Å². The minimum absolute atomic E-state index is 0.187. The first kappa shape index (κ1) is 18.2. The summed E-state index contributed by atoms with van der Waals surface area (Å²) in [6, 6.07) is 5.62. The van der Waals surface area contributed by atoms with E-state index in [1.54, 1.807) is 19.1 Å². The first-order valence-electron chi connectivity index (χ1n) is 6.66. The summed E-state index contributed by atoms with van der Waals surface area (Å²) in [6.45, 7) is 1.04. The smallest absolute Gasteiger partial charge is 0.341 e. The third-order valence-corrected chi connectivity index (χ3v) is 3.84. The van der Waals surface area contributed by atoms with Gasteiger partial charge in [-0.3, -0.25) is 4.79 Å². The molecule has 0 aliphatic rings. The second-order valence-electron chi connectivity index (χ2n) is 4.80. The maximum Gasteiger partial charge on any atom is 0.341 e. The topological polar surface area (TPSA) is 55.4 Å². The lowest BCUT2D eigenvalue weighted by atomic mass is 10.2. The van der Waals surface area contributed by atoms with Crippen molar-refractivity contribution in [1.82, 2.24) is 0 Å². The molecule has 1 N–H and O–H groups in total. The highest BCUT2D eigenvalue weighted by atomic mass is 35.5. The fourth-order valence-corrected chi connectivity index (χ4v) is 2.28. The SMILES string of the molecule is Cc1ccc(Cl)c(NC(=O)COC(=O)c2ccc(F)cc2F)c1Cl. The van der Waals surface area contributed by atoms with Crippen LogP contribution < -0.4 is 5.32 Å². The molecule has 2 aromatic rings. The van der Waals surface area contributed by atoms with Gasteiger partial charge in [0.2, 0.25) is 0 Å². The number of nitrogens with one attached hydrogen (secondary N) is 1. The summed E-state index contributed by atoms with van der Waals surface area (Å²) in [4.78, 5) is 23.5. The van der Waals surface area contributed by atoms with E-state index in [0.29, 0.717) is 11.6 Å². The van der Waals surface area contributed by atoms with Crippen LogP contribution in [0, 0.1) is 18.6 Å². The summed E-state index contributed by atoms with van der Waals surface area (Å²) in [5.74, 6) is -3.71. The first-order valence-corrected chi connectivity index (χ1v) is 7.42. The van der Waals surface area contributed by atoms with E-state index in [0.717, 1.165) is 12.1 Å². The molecule has 126 valence electrons. The summed E-state index contributed by atoms with van der Waals surface area (Å²) in [7, 11) is 0. The summed E-state index contributed by atoms with van der Waals surface area (Å²) in [5.41, 5.74) is 0.407. The van der Waals surface area contributed by atoms with Gasteiger partial charge >= 0.3 is 5.97 Å². The maximum absolute atomic E-state index is 13.4. The molecule has 24 heavy (non-hydrogen) atoms. The Hall–Kier alpha value is -2.18. The van der Waals surface area contributed by atoms with E-state index in [1.807, 2.05) is 0 Å². The van der Waals surface area contributed by atoms with E-state index in [1.165, 1.54) is 0 Å². The number of amides is 1. The van der Waals surface area contributed by atoms with Crippen LogP contribution in [0.25, 0.3) is 0 Å². The maximum atomic E-state index is 13.4. The van der Waals surface area contributed by atoms with Gasteiger partial charge in [-0.15, -0.1) is 0 Å². The van der Waals surface area contributed by atoms with E-state index in [2.05, 4.69) is 5.32 Å². The Balaban J connectivity index is 2.01. The number of hydrogen-bond acceptors (Lipinski definition) is 3. The van der Waals surface area contributed by atoms with Gasteiger partial charge in [0, 0.05) is 6.07 Å². The molecule has 0 aromatic heterocycles. The standard InChI is InChI=1S/C16H11Cl2F2NO3/c1-8-2-5-11(17)15(14(8)18)21-13(22)7-24-16(23)10-4-3-9(19)6-12(10)20/h2-6H,7H2,1H3,(H,21,22). The molecular weight excluding hydrogens is 363 g/mol. The van der Waals surface area contributed by atoms with Crippen molar-refractivity contribution < 1.29 is 23.1 Å². The van der Waals surface area contributed by atoms with Crippen molar-refractivity contribution in [3.8, 4) is 0 Å². The number of halogens is 4. The van der Waals surface area contributed by atoms with Crippen molar-refractivity contribution in [2.45, 2.75) is 6.92 Å². The van der Waals surface area contributed by atoms with Gasteiger partial charge in [0.1, 0.15) is 11.6 Å². The van der Waals surface area contributed by atoms with E-state index < -0.39 is 35.7 Å². The van der Waals surface area contributed by atoms with Crippen LogP contribution in [-0.4, -0.2) is 18.5 Å². The molecule has 0 aliphatic carbocycles. The van der Waals surface area contributed by atoms with Gasteiger partial charge in [-0.25, -0.2) is 13.6 Å². The molecule has 0 saturated carbocycles. The highest BCUT2D eigenvalue weighted by molar-refractivity contribution is 6.40. The Morgan fingerprint density at radius 1 is 1.17 bits per heavy atom. The number of esters is 1. The average molecular weight is 374 g/mol. The largest absolute Gasteiger partial charge is 0.452 e. The zero-order chi connectivity index (χ0) is 17.9. The van der Waals surface area contributed by atoms with Crippen molar-refractivity contribution >= 4 is 40.8 Å². The molecule has 0 atom stereocenters. The molecule has 1 amide bonds.